The Balaban J connectivity index is 0.0000000977. The second kappa shape index (κ2) is 24.2. The van der Waals surface area contributed by atoms with E-state index >= 15 is 0 Å². The lowest BCUT2D eigenvalue weighted by Gasteiger charge is -2.56. The van der Waals surface area contributed by atoms with E-state index in [1.165, 1.54) is 135 Å². The molecule has 0 radical (unpaired) electrons. The quantitative estimate of drug-likeness (QED) is 0.217. The molecule has 18 fully saturated rings. The van der Waals surface area contributed by atoms with Gasteiger partial charge < -0.3 is 28.4 Å². The Labute approximate surface area is 424 Å². The van der Waals surface area contributed by atoms with E-state index in [0.29, 0.717) is 29.8 Å². The largest absolute Gasteiger partial charge is 0.381 e. The fourth-order valence-electron chi connectivity index (χ4n) is 20.8. The van der Waals surface area contributed by atoms with Crippen molar-refractivity contribution in [2.45, 2.75) is 233 Å². The summed E-state index contributed by atoms with van der Waals surface area (Å²) in [4.78, 5) is 0. The molecule has 396 valence electrons. The third kappa shape index (κ3) is 12.6. The van der Waals surface area contributed by atoms with Crippen molar-refractivity contribution in [2.24, 2.45) is 112 Å². The van der Waals surface area contributed by atoms with E-state index in [2.05, 4.69) is 41.5 Å². The van der Waals surface area contributed by atoms with Crippen LogP contribution in [0.3, 0.4) is 0 Å². The zero-order valence-corrected chi connectivity index (χ0v) is 45.7. The summed E-state index contributed by atoms with van der Waals surface area (Å²) in [5.41, 5.74) is 0.630. The van der Waals surface area contributed by atoms with Crippen molar-refractivity contribution in [2.75, 3.05) is 52.9 Å². The van der Waals surface area contributed by atoms with E-state index in [1.807, 2.05) is 0 Å². The Morgan fingerprint density at radius 3 is 1.48 bits per heavy atom. The Bertz CT molecular complexity index is 1450. The molecule has 16 bridgehead atoms. The summed E-state index contributed by atoms with van der Waals surface area (Å²) in [7, 11) is 0. The minimum absolute atomic E-state index is 0.630. The maximum atomic E-state index is 5.92. The van der Waals surface area contributed by atoms with E-state index in [0.717, 1.165) is 159 Å². The van der Waals surface area contributed by atoms with Gasteiger partial charge in [-0.25, -0.2) is 0 Å². The molecule has 15 saturated carbocycles. The van der Waals surface area contributed by atoms with Gasteiger partial charge in [-0.05, 0) is 300 Å². The molecule has 6 nitrogen and oxygen atoms in total. The van der Waals surface area contributed by atoms with Crippen LogP contribution in [0.4, 0.5) is 0 Å². The Hall–Kier alpha value is -0.240. The molecule has 0 spiro atoms. The molecule has 0 amide bonds. The van der Waals surface area contributed by atoms with Crippen molar-refractivity contribution in [3.05, 3.63) is 0 Å². The number of hydrogen-bond acceptors (Lipinski definition) is 6. The highest BCUT2D eigenvalue weighted by Gasteiger charge is 2.55. The first-order chi connectivity index (χ1) is 33.7. The summed E-state index contributed by atoms with van der Waals surface area (Å²) in [6.45, 7) is 20.9. The number of hydrogen-bond donors (Lipinski definition) is 0. The number of fused-ring (bicyclic) bond motifs is 7. The molecule has 8 atom stereocenters. The molecule has 3 saturated heterocycles. The lowest BCUT2D eigenvalue weighted by atomic mass is 9.50. The molecule has 0 aromatic heterocycles. The van der Waals surface area contributed by atoms with E-state index in [4.69, 9.17) is 28.4 Å². The van der Waals surface area contributed by atoms with Crippen LogP contribution in [0.5, 0.6) is 0 Å². The summed E-state index contributed by atoms with van der Waals surface area (Å²) in [5, 5.41) is 0. The molecule has 3 heterocycles. The van der Waals surface area contributed by atoms with Crippen LogP contribution < -0.4 is 0 Å². The first kappa shape index (κ1) is 52.2. The smallest absolute Gasteiger partial charge is 0.0631 e. The zero-order chi connectivity index (χ0) is 47.5. The maximum Gasteiger partial charge on any atom is 0.0631 e. The normalized spacial score (nSPS) is 48.9. The van der Waals surface area contributed by atoms with E-state index in [9.17, 15) is 0 Å². The molecule has 0 N–H and O–H groups in total. The van der Waals surface area contributed by atoms with Gasteiger partial charge in [0.25, 0.3) is 0 Å². The fraction of sp³-hybridized carbons (Fsp3) is 1.00. The summed E-state index contributed by atoms with van der Waals surface area (Å²) in [5.74, 6) is 18.4. The van der Waals surface area contributed by atoms with Crippen LogP contribution in [-0.2, 0) is 28.4 Å². The van der Waals surface area contributed by atoms with Gasteiger partial charge in [0.1, 0.15) is 0 Å². The van der Waals surface area contributed by atoms with E-state index < -0.39 is 0 Å². The van der Waals surface area contributed by atoms with Crippen LogP contribution in [0, 0.1) is 112 Å². The Morgan fingerprint density at radius 2 is 1.01 bits per heavy atom. The van der Waals surface area contributed by atoms with Gasteiger partial charge >= 0.3 is 0 Å². The molecule has 18 rings (SSSR count). The van der Waals surface area contributed by atoms with Crippen LogP contribution in [0.15, 0.2) is 0 Å². The molecule has 15 aliphatic carbocycles. The Kier molecular flexibility index (Phi) is 18.3. The topological polar surface area (TPSA) is 55.4 Å². The molecule has 7 unspecified atom stereocenters. The first-order valence-electron chi connectivity index (χ1n) is 31.3. The van der Waals surface area contributed by atoms with Gasteiger partial charge in [-0.3, -0.25) is 0 Å². The van der Waals surface area contributed by atoms with Crippen molar-refractivity contribution in [3.8, 4) is 0 Å². The van der Waals surface area contributed by atoms with Crippen molar-refractivity contribution < 1.29 is 28.4 Å². The summed E-state index contributed by atoms with van der Waals surface area (Å²) >= 11 is 0. The lowest BCUT2D eigenvalue weighted by Crippen LogP contribution is -2.49. The zero-order valence-electron chi connectivity index (χ0n) is 45.7. The SMILES string of the molecule is CC1CCOCC1.CCOC1C2CC3CC(C2)CC1C3.CCOC1CC2CC1C1CCCC21.CCOCC12CC3CC(CC(C3)C1)C2.CCOCC1C2CC3CC(C2)CC1C3.C[C@H]1CC2CCC1O2. The monoisotopic (exact) mass is 961 g/mol. The van der Waals surface area contributed by atoms with Gasteiger partial charge in [-0.2, -0.15) is 0 Å². The van der Waals surface area contributed by atoms with Gasteiger partial charge in [0.05, 0.1) is 31.0 Å². The highest BCUT2D eigenvalue weighted by molar-refractivity contribution is 5.05. The van der Waals surface area contributed by atoms with Crippen molar-refractivity contribution >= 4 is 0 Å². The maximum absolute atomic E-state index is 5.92. The average molecular weight is 962 g/mol. The third-order valence-electron chi connectivity index (χ3n) is 22.9. The minimum atomic E-state index is 0.630. The predicted octanol–water partition coefficient (Wildman–Crippen LogP) is 15.0. The molecule has 0 aromatic carbocycles. The van der Waals surface area contributed by atoms with Gasteiger partial charge in [0, 0.05) is 46.2 Å². The molecule has 0 aromatic rings. The molecule has 3 aliphatic heterocycles. The fourth-order valence-corrected chi connectivity index (χ4v) is 20.8. The van der Waals surface area contributed by atoms with Crippen LogP contribution in [0.1, 0.15) is 208 Å². The summed E-state index contributed by atoms with van der Waals surface area (Å²) in [6.07, 6.45) is 40.8. The highest BCUT2D eigenvalue weighted by Crippen LogP contribution is 2.61. The predicted molar refractivity (Wildman–Crippen MR) is 280 cm³/mol. The summed E-state index contributed by atoms with van der Waals surface area (Å²) in [6, 6.07) is 0. The van der Waals surface area contributed by atoms with Crippen LogP contribution in [0.2, 0.25) is 0 Å². The van der Waals surface area contributed by atoms with Crippen LogP contribution in [0.25, 0.3) is 0 Å². The van der Waals surface area contributed by atoms with Gasteiger partial charge in [0.15, 0.2) is 0 Å². The molecular weight excluding hydrogens is 853 g/mol. The second-order valence-corrected chi connectivity index (χ2v) is 27.7. The Morgan fingerprint density at radius 1 is 0.464 bits per heavy atom. The van der Waals surface area contributed by atoms with Gasteiger partial charge in [0.2, 0.25) is 0 Å². The molecule has 18 aliphatic rings. The van der Waals surface area contributed by atoms with Crippen molar-refractivity contribution in [1.82, 2.24) is 0 Å². The van der Waals surface area contributed by atoms with Gasteiger partial charge in [-0.15, -0.1) is 0 Å². The van der Waals surface area contributed by atoms with Crippen LogP contribution >= 0.6 is 0 Å². The number of rotatable bonds is 10. The van der Waals surface area contributed by atoms with Gasteiger partial charge in [-0.1, -0.05) is 20.3 Å². The van der Waals surface area contributed by atoms with E-state index in [1.54, 1.807) is 32.1 Å². The third-order valence-corrected chi connectivity index (χ3v) is 22.9. The first-order valence-corrected chi connectivity index (χ1v) is 31.3. The van der Waals surface area contributed by atoms with Crippen molar-refractivity contribution in [3.63, 3.8) is 0 Å². The van der Waals surface area contributed by atoms with E-state index in [-0.39, 0.29) is 0 Å². The average Bonchev–Trinajstić information content (AvgIpc) is 4.19. The molecule has 6 heteroatoms. The van der Waals surface area contributed by atoms with Crippen LogP contribution in [-0.4, -0.2) is 77.3 Å². The minimum Gasteiger partial charge on any atom is -0.381 e. The van der Waals surface area contributed by atoms with Crippen molar-refractivity contribution in [1.29, 1.82) is 0 Å². The standard InChI is InChI=1S/2C13H22O.2C12H20O.C7H12O.C6H12O/c1-2-14-9-13-6-10-3-11(7-13)5-12(4-10)8-13;1-2-14-8-13-11-4-9-3-10(6-11)7-12(13)5-9;1-2-13-12-10-4-8-3-9(6-10)7-11(12)5-8;1-2-13-12-7-8-6-11(12)10-5-3-4-9(8)10;1-5-4-6-2-3-7(5)8-6;1-6-2-4-7-5-3-6/h10-12H,2-9H2,1H3;9-13H,2-8H2,1H3;2*8-12H,2-7H2,1H3;5-7H,2-4H2,1H3;6H,2-5H2,1H3/t;;;;5-,6?,7?;/m....0./s1. The highest BCUT2D eigenvalue weighted by atomic mass is 16.5. The lowest BCUT2D eigenvalue weighted by molar-refractivity contribution is -0.123. The number of ether oxygens (including phenoxy) is 6. The summed E-state index contributed by atoms with van der Waals surface area (Å²) < 4.78 is 33.9. The molecule has 69 heavy (non-hydrogen) atoms. The molecular formula is C63H108O6. The second-order valence-electron chi connectivity index (χ2n) is 27.7.